The SMILES string of the molecule is CC(C)(C)c1nnsc1C(CC1CCCCC1)NN. The lowest BCUT2D eigenvalue weighted by molar-refractivity contribution is 0.301. The molecule has 19 heavy (non-hydrogen) atoms. The van der Waals surface area contributed by atoms with Gasteiger partial charge < -0.3 is 0 Å². The Morgan fingerprint density at radius 2 is 2.00 bits per heavy atom. The van der Waals surface area contributed by atoms with Gasteiger partial charge in [0.2, 0.25) is 0 Å². The molecule has 0 saturated heterocycles. The molecule has 2 rings (SSSR count). The molecule has 0 aromatic carbocycles. The second-order valence-electron chi connectivity index (χ2n) is 6.69. The largest absolute Gasteiger partial charge is 0.271 e. The zero-order chi connectivity index (χ0) is 13.9. The molecule has 0 radical (unpaired) electrons. The molecule has 1 atom stereocenters. The topological polar surface area (TPSA) is 63.8 Å². The predicted molar refractivity (Wildman–Crippen MR) is 79.9 cm³/mol. The van der Waals surface area contributed by atoms with Gasteiger partial charge in [0, 0.05) is 5.41 Å². The Kier molecular flexibility index (Phi) is 4.92. The predicted octanol–water partition coefficient (Wildman–Crippen LogP) is 3.31. The standard InChI is InChI=1S/C14H26N4S/c1-14(2,3)13-12(19-18-17-13)11(16-15)9-10-7-5-4-6-8-10/h10-11,16H,4-9,15H2,1-3H3. The van der Waals surface area contributed by atoms with Crippen LogP contribution in [0.1, 0.15) is 75.9 Å². The van der Waals surface area contributed by atoms with Crippen LogP contribution in [0.15, 0.2) is 0 Å². The van der Waals surface area contributed by atoms with Crippen molar-refractivity contribution in [2.24, 2.45) is 11.8 Å². The molecule has 0 aliphatic heterocycles. The van der Waals surface area contributed by atoms with Crippen molar-refractivity contribution in [3.05, 3.63) is 10.6 Å². The Balaban J connectivity index is 2.11. The van der Waals surface area contributed by atoms with E-state index in [0.717, 1.165) is 18.0 Å². The maximum Gasteiger partial charge on any atom is 0.0857 e. The van der Waals surface area contributed by atoms with Gasteiger partial charge in [0.25, 0.3) is 0 Å². The van der Waals surface area contributed by atoms with Crippen LogP contribution in [0, 0.1) is 5.92 Å². The van der Waals surface area contributed by atoms with Gasteiger partial charge in [-0.1, -0.05) is 57.4 Å². The van der Waals surface area contributed by atoms with E-state index in [-0.39, 0.29) is 11.5 Å². The van der Waals surface area contributed by atoms with Crippen LogP contribution >= 0.6 is 11.5 Å². The number of hydrazine groups is 1. The number of hydrogen-bond acceptors (Lipinski definition) is 5. The van der Waals surface area contributed by atoms with Crippen LogP contribution in [0.5, 0.6) is 0 Å². The summed E-state index contributed by atoms with van der Waals surface area (Å²) in [5.74, 6) is 6.59. The molecule has 3 N–H and O–H groups in total. The lowest BCUT2D eigenvalue weighted by Crippen LogP contribution is -2.31. The average molecular weight is 282 g/mol. The Hall–Kier alpha value is -0.520. The molecular weight excluding hydrogens is 256 g/mol. The summed E-state index contributed by atoms with van der Waals surface area (Å²) >= 11 is 1.49. The summed E-state index contributed by atoms with van der Waals surface area (Å²) in [6, 6.07) is 0.206. The minimum Gasteiger partial charge on any atom is -0.271 e. The van der Waals surface area contributed by atoms with E-state index < -0.39 is 0 Å². The number of rotatable bonds is 4. The summed E-state index contributed by atoms with van der Waals surface area (Å²) in [5, 5.41) is 4.32. The molecule has 1 fully saturated rings. The molecule has 108 valence electrons. The third kappa shape index (κ3) is 3.74. The van der Waals surface area contributed by atoms with Crippen LogP contribution in [0.3, 0.4) is 0 Å². The van der Waals surface area contributed by atoms with E-state index in [4.69, 9.17) is 5.84 Å². The summed E-state index contributed by atoms with van der Waals surface area (Å²) in [5.41, 5.74) is 4.12. The van der Waals surface area contributed by atoms with Crippen LogP contribution in [0.25, 0.3) is 0 Å². The van der Waals surface area contributed by atoms with Crippen molar-refractivity contribution in [1.29, 1.82) is 0 Å². The van der Waals surface area contributed by atoms with Crippen molar-refractivity contribution in [1.82, 2.24) is 15.0 Å². The van der Waals surface area contributed by atoms with Gasteiger partial charge >= 0.3 is 0 Å². The molecule has 4 nitrogen and oxygen atoms in total. The molecule has 1 aliphatic carbocycles. The van der Waals surface area contributed by atoms with Gasteiger partial charge in [0.15, 0.2) is 0 Å². The van der Waals surface area contributed by atoms with Crippen molar-refractivity contribution < 1.29 is 0 Å². The number of nitrogens with two attached hydrogens (primary N) is 1. The fraction of sp³-hybridized carbons (Fsp3) is 0.857. The van der Waals surface area contributed by atoms with E-state index in [1.54, 1.807) is 0 Å². The lowest BCUT2D eigenvalue weighted by Gasteiger charge is -2.27. The molecule has 1 saturated carbocycles. The van der Waals surface area contributed by atoms with Gasteiger partial charge in [0.1, 0.15) is 0 Å². The van der Waals surface area contributed by atoms with Gasteiger partial charge in [-0.25, -0.2) is 0 Å². The first-order valence-corrected chi connectivity index (χ1v) is 8.08. The number of nitrogens with zero attached hydrogens (tertiary/aromatic N) is 2. The quantitative estimate of drug-likeness (QED) is 0.657. The van der Waals surface area contributed by atoms with Crippen molar-refractivity contribution in [3.63, 3.8) is 0 Å². The Morgan fingerprint density at radius 3 is 2.58 bits per heavy atom. The van der Waals surface area contributed by atoms with Crippen LogP contribution in [0.2, 0.25) is 0 Å². The summed E-state index contributed by atoms with van der Waals surface area (Å²) in [6.45, 7) is 6.55. The third-order valence-corrected chi connectivity index (χ3v) is 4.87. The molecule has 0 spiro atoms. The summed E-state index contributed by atoms with van der Waals surface area (Å²) in [4.78, 5) is 1.22. The molecule has 1 aliphatic rings. The van der Waals surface area contributed by atoms with Gasteiger partial charge in [-0.05, 0) is 23.9 Å². The minimum atomic E-state index is 0.0317. The zero-order valence-electron chi connectivity index (χ0n) is 12.3. The Morgan fingerprint density at radius 1 is 1.32 bits per heavy atom. The van der Waals surface area contributed by atoms with E-state index >= 15 is 0 Å². The fourth-order valence-electron chi connectivity index (χ4n) is 2.95. The van der Waals surface area contributed by atoms with Crippen LogP contribution in [-0.4, -0.2) is 9.59 Å². The second-order valence-corrected chi connectivity index (χ2v) is 7.48. The molecule has 1 aromatic heterocycles. The first kappa shape index (κ1) is 14.9. The lowest BCUT2D eigenvalue weighted by atomic mass is 9.83. The van der Waals surface area contributed by atoms with E-state index in [9.17, 15) is 0 Å². The maximum absolute atomic E-state index is 5.79. The molecule has 1 aromatic rings. The molecule has 1 unspecified atom stereocenters. The molecule has 0 bridgehead atoms. The number of aromatic nitrogens is 2. The molecule has 0 amide bonds. The molecule has 1 heterocycles. The smallest absolute Gasteiger partial charge is 0.0857 e. The van der Waals surface area contributed by atoms with Gasteiger partial charge in [-0.15, -0.1) is 5.10 Å². The summed E-state index contributed by atoms with van der Waals surface area (Å²) in [6.07, 6.45) is 7.94. The average Bonchev–Trinajstić information content (AvgIpc) is 2.86. The van der Waals surface area contributed by atoms with Crippen molar-refractivity contribution in [3.8, 4) is 0 Å². The van der Waals surface area contributed by atoms with Crippen molar-refractivity contribution in [2.45, 2.75) is 70.8 Å². The molecular formula is C14H26N4S. The van der Waals surface area contributed by atoms with E-state index in [1.165, 1.54) is 48.5 Å². The van der Waals surface area contributed by atoms with Crippen LogP contribution in [-0.2, 0) is 5.41 Å². The van der Waals surface area contributed by atoms with Gasteiger partial charge in [0.05, 0.1) is 16.6 Å². The van der Waals surface area contributed by atoms with E-state index in [0.29, 0.717) is 0 Å². The first-order valence-electron chi connectivity index (χ1n) is 7.31. The van der Waals surface area contributed by atoms with Gasteiger partial charge in [-0.3, -0.25) is 11.3 Å². The number of nitrogens with one attached hydrogen (secondary N) is 1. The first-order chi connectivity index (χ1) is 9.02. The van der Waals surface area contributed by atoms with Crippen molar-refractivity contribution in [2.75, 3.05) is 0 Å². The highest BCUT2D eigenvalue weighted by Crippen LogP contribution is 2.36. The van der Waals surface area contributed by atoms with Crippen LogP contribution in [0.4, 0.5) is 0 Å². The Labute approximate surface area is 120 Å². The zero-order valence-corrected chi connectivity index (χ0v) is 13.1. The highest BCUT2D eigenvalue weighted by molar-refractivity contribution is 7.05. The minimum absolute atomic E-state index is 0.0317. The van der Waals surface area contributed by atoms with Gasteiger partial charge in [-0.2, -0.15) is 0 Å². The summed E-state index contributed by atoms with van der Waals surface area (Å²) in [7, 11) is 0. The third-order valence-electron chi connectivity index (χ3n) is 4.04. The highest BCUT2D eigenvalue weighted by Gasteiger charge is 2.28. The summed E-state index contributed by atoms with van der Waals surface area (Å²) < 4.78 is 4.15. The maximum atomic E-state index is 5.79. The molecule has 5 heteroatoms. The second kappa shape index (κ2) is 6.29. The van der Waals surface area contributed by atoms with Crippen molar-refractivity contribution >= 4 is 11.5 Å². The Bertz CT molecular complexity index is 390. The number of hydrogen-bond donors (Lipinski definition) is 2. The fourth-order valence-corrected chi connectivity index (χ4v) is 3.89. The van der Waals surface area contributed by atoms with Crippen LogP contribution < -0.4 is 11.3 Å². The monoisotopic (exact) mass is 282 g/mol. The highest BCUT2D eigenvalue weighted by atomic mass is 32.1. The normalized spacial score (nSPS) is 19.6. The van der Waals surface area contributed by atoms with E-state index in [1.807, 2.05) is 0 Å². The van der Waals surface area contributed by atoms with E-state index in [2.05, 4.69) is 35.8 Å².